The van der Waals surface area contributed by atoms with Gasteiger partial charge < -0.3 is 9.67 Å². The molecule has 0 bridgehead atoms. The van der Waals surface area contributed by atoms with Crippen LogP contribution in [0.15, 0.2) is 29.2 Å². The van der Waals surface area contributed by atoms with Crippen LogP contribution >= 0.6 is 0 Å². The number of rotatable bonds is 6. The first-order chi connectivity index (χ1) is 15.0. The molecule has 0 aliphatic heterocycles. The molecule has 0 spiro atoms. The Morgan fingerprint density at radius 2 is 1.79 bits per heavy atom. The smallest absolute Gasteiger partial charge is 0.417 e. The Hall–Kier alpha value is -2.33. The summed E-state index contributed by atoms with van der Waals surface area (Å²) in [5.74, 6) is -0.298. The standard InChI is InChI=1S/C23H29F3N2O4S/c1-13-8-15(9-13)12-28-14(2)17(21(29)30)11-19(28)16-6-7-20(18(10-16)23(24,25)26)33(31,32)27-22(3,4)5/h6-7,10-11,13,15,27H,8-9,12H2,1-5H3,(H,29,30). The molecule has 1 fully saturated rings. The Kier molecular flexibility index (Phi) is 6.49. The third-order valence-corrected chi connectivity index (χ3v) is 7.64. The van der Waals surface area contributed by atoms with Crippen LogP contribution in [0.25, 0.3) is 11.3 Å². The molecule has 182 valence electrons. The number of aromatic carboxylic acids is 1. The molecule has 1 aliphatic carbocycles. The second kappa shape index (κ2) is 8.47. The second-order valence-corrected chi connectivity index (χ2v) is 11.6. The largest absolute Gasteiger partial charge is 0.478 e. The summed E-state index contributed by atoms with van der Waals surface area (Å²) < 4.78 is 71.2. The van der Waals surface area contributed by atoms with Crippen molar-refractivity contribution in [3.8, 4) is 11.3 Å². The van der Waals surface area contributed by atoms with E-state index < -0.39 is 38.2 Å². The molecule has 1 aromatic heterocycles. The zero-order valence-electron chi connectivity index (χ0n) is 19.2. The van der Waals surface area contributed by atoms with Gasteiger partial charge in [0.15, 0.2) is 0 Å². The van der Waals surface area contributed by atoms with Crippen molar-refractivity contribution in [1.82, 2.24) is 9.29 Å². The summed E-state index contributed by atoms with van der Waals surface area (Å²) in [7, 11) is -4.45. The van der Waals surface area contributed by atoms with Crippen LogP contribution in [0.1, 0.15) is 62.2 Å². The number of carboxylic acid groups (broad SMARTS) is 1. The van der Waals surface area contributed by atoms with E-state index in [4.69, 9.17) is 0 Å². The lowest BCUT2D eigenvalue weighted by atomic mass is 9.76. The van der Waals surface area contributed by atoms with E-state index in [9.17, 15) is 31.5 Å². The molecule has 6 nitrogen and oxygen atoms in total. The third-order valence-electron chi connectivity index (χ3n) is 5.82. The van der Waals surface area contributed by atoms with Crippen molar-refractivity contribution >= 4 is 16.0 Å². The van der Waals surface area contributed by atoms with Crippen molar-refractivity contribution in [2.45, 2.75) is 70.6 Å². The van der Waals surface area contributed by atoms with Crippen molar-refractivity contribution in [3.05, 3.63) is 41.1 Å². The number of sulfonamides is 1. The first-order valence-corrected chi connectivity index (χ1v) is 12.2. The predicted molar refractivity (Wildman–Crippen MR) is 119 cm³/mol. The highest BCUT2D eigenvalue weighted by molar-refractivity contribution is 7.89. The average Bonchev–Trinajstić information content (AvgIpc) is 2.94. The molecule has 2 N–H and O–H groups in total. The van der Waals surface area contributed by atoms with Crippen LogP contribution in [0.4, 0.5) is 13.2 Å². The number of carboxylic acids is 1. The van der Waals surface area contributed by atoms with E-state index in [1.807, 2.05) is 0 Å². The van der Waals surface area contributed by atoms with Crippen LogP contribution < -0.4 is 4.72 Å². The van der Waals surface area contributed by atoms with Gasteiger partial charge >= 0.3 is 12.1 Å². The van der Waals surface area contributed by atoms with Crippen LogP contribution in [-0.4, -0.2) is 29.6 Å². The molecular weight excluding hydrogens is 457 g/mol. The van der Waals surface area contributed by atoms with E-state index in [1.165, 1.54) is 32.9 Å². The number of hydrogen-bond acceptors (Lipinski definition) is 3. The summed E-state index contributed by atoms with van der Waals surface area (Å²) in [4.78, 5) is 10.8. The molecule has 10 heteroatoms. The van der Waals surface area contributed by atoms with Crippen molar-refractivity contribution in [1.29, 1.82) is 0 Å². The molecule has 0 radical (unpaired) electrons. The fraction of sp³-hybridized carbons (Fsp3) is 0.522. The van der Waals surface area contributed by atoms with Crippen LogP contribution in [0.2, 0.25) is 0 Å². The van der Waals surface area contributed by atoms with Gasteiger partial charge in [-0.15, -0.1) is 0 Å². The van der Waals surface area contributed by atoms with Gasteiger partial charge in [0.2, 0.25) is 10.0 Å². The summed E-state index contributed by atoms with van der Waals surface area (Å²) in [6, 6.07) is 4.38. The second-order valence-electron chi connectivity index (χ2n) is 9.95. The van der Waals surface area contributed by atoms with Gasteiger partial charge in [-0.25, -0.2) is 17.9 Å². The first kappa shape index (κ1) is 25.3. The van der Waals surface area contributed by atoms with Crippen molar-refractivity contribution in [2.75, 3.05) is 0 Å². The summed E-state index contributed by atoms with van der Waals surface area (Å²) in [5, 5.41) is 9.56. The van der Waals surface area contributed by atoms with Gasteiger partial charge in [-0.05, 0) is 76.1 Å². The molecule has 1 heterocycles. The highest BCUT2D eigenvalue weighted by atomic mass is 32.2. The maximum atomic E-state index is 13.9. The number of aromatic nitrogens is 1. The zero-order chi connectivity index (χ0) is 24.9. The minimum absolute atomic E-state index is 0.0111. The predicted octanol–water partition coefficient (Wildman–Crippen LogP) is 5.30. The number of nitrogens with one attached hydrogen (secondary N) is 1. The third kappa shape index (κ3) is 5.43. The number of hydrogen-bond donors (Lipinski definition) is 2. The molecule has 1 saturated carbocycles. The number of halogens is 3. The van der Waals surface area contributed by atoms with Crippen LogP contribution in [0, 0.1) is 18.8 Å². The summed E-state index contributed by atoms with van der Waals surface area (Å²) >= 11 is 0. The monoisotopic (exact) mass is 486 g/mol. The van der Waals surface area contributed by atoms with Gasteiger partial charge in [-0.3, -0.25) is 0 Å². The van der Waals surface area contributed by atoms with Crippen LogP contribution in [-0.2, 0) is 22.7 Å². The van der Waals surface area contributed by atoms with E-state index in [1.54, 1.807) is 11.5 Å². The number of nitrogens with zero attached hydrogens (tertiary/aromatic N) is 1. The molecule has 33 heavy (non-hydrogen) atoms. The SMILES string of the molecule is Cc1c(C(=O)O)cc(-c2ccc(S(=O)(=O)NC(C)(C)C)c(C(F)(F)F)c2)n1CC1CC(C)C1. The quantitative estimate of drug-likeness (QED) is 0.580. The fourth-order valence-electron chi connectivity index (χ4n) is 4.42. The van der Waals surface area contributed by atoms with Gasteiger partial charge in [0.1, 0.15) is 0 Å². The van der Waals surface area contributed by atoms with Crippen molar-refractivity contribution < 1.29 is 31.5 Å². The Bertz CT molecular complexity index is 1170. The molecule has 0 atom stereocenters. The van der Waals surface area contributed by atoms with Gasteiger partial charge in [0.05, 0.1) is 16.0 Å². The fourth-order valence-corrected chi connectivity index (χ4v) is 6.04. The van der Waals surface area contributed by atoms with E-state index in [-0.39, 0.29) is 11.1 Å². The minimum atomic E-state index is -4.93. The van der Waals surface area contributed by atoms with Crippen molar-refractivity contribution in [2.24, 2.45) is 11.8 Å². The topological polar surface area (TPSA) is 88.4 Å². The highest BCUT2D eigenvalue weighted by Gasteiger charge is 2.39. The molecule has 2 aromatic rings. The summed E-state index contributed by atoms with van der Waals surface area (Å²) in [5.41, 5.74) is -1.37. The summed E-state index contributed by atoms with van der Waals surface area (Å²) in [6.07, 6.45) is -3.00. The normalized spacial score (nSPS) is 19.4. The molecule has 3 rings (SSSR count). The molecule has 1 aliphatic rings. The number of carbonyl (C=O) groups is 1. The van der Waals surface area contributed by atoms with E-state index >= 15 is 0 Å². The average molecular weight is 487 g/mol. The van der Waals surface area contributed by atoms with E-state index in [2.05, 4.69) is 11.6 Å². The lowest BCUT2D eigenvalue weighted by Crippen LogP contribution is -2.41. The van der Waals surface area contributed by atoms with Gasteiger partial charge in [-0.2, -0.15) is 13.2 Å². The van der Waals surface area contributed by atoms with Gasteiger partial charge in [0.25, 0.3) is 0 Å². The van der Waals surface area contributed by atoms with Crippen LogP contribution in [0.5, 0.6) is 0 Å². The Labute approximate surface area is 191 Å². The molecule has 0 amide bonds. The Morgan fingerprint density at radius 1 is 1.18 bits per heavy atom. The number of benzene rings is 1. The van der Waals surface area contributed by atoms with E-state index in [0.29, 0.717) is 29.8 Å². The maximum absolute atomic E-state index is 13.9. The number of alkyl halides is 3. The Morgan fingerprint density at radius 3 is 2.27 bits per heavy atom. The molecule has 0 saturated heterocycles. The van der Waals surface area contributed by atoms with Crippen LogP contribution in [0.3, 0.4) is 0 Å². The lowest BCUT2D eigenvalue weighted by molar-refractivity contribution is -0.139. The molecule has 0 unspecified atom stereocenters. The lowest BCUT2D eigenvalue weighted by Gasteiger charge is -2.34. The van der Waals surface area contributed by atoms with Gasteiger partial charge in [-0.1, -0.05) is 13.0 Å². The minimum Gasteiger partial charge on any atom is -0.478 e. The highest BCUT2D eigenvalue weighted by Crippen LogP contribution is 2.40. The van der Waals surface area contributed by atoms with Gasteiger partial charge in [0, 0.05) is 23.5 Å². The Balaban J connectivity index is 2.16. The first-order valence-electron chi connectivity index (χ1n) is 10.7. The van der Waals surface area contributed by atoms with E-state index in [0.717, 1.165) is 25.0 Å². The zero-order valence-corrected chi connectivity index (χ0v) is 20.1. The molecular formula is C23H29F3N2O4S. The summed E-state index contributed by atoms with van der Waals surface area (Å²) in [6.45, 7) is 8.85. The van der Waals surface area contributed by atoms with Crippen molar-refractivity contribution in [3.63, 3.8) is 0 Å². The maximum Gasteiger partial charge on any atom is 0.417 e. The molecule has 1 aromatic carbocycles.